The van der Waals surface area contributed by atoms with Crippen LogP contribution in [0.15, 0.2) is 42.5 Å². The van der Waals surface area contributed by atoms with Gasteiger partial charge in [0, 0.05) is 17.6 Å². The molecule has 0 saturated carbocycles. The SMILES string of the molecule is CN(CCOc1cccc(Cl)c1)CC(=O)Nc1cc(F)ccc1F. The molecule has 0 aliphatic rings. The molecule has 0 aromatic heterocycles. The number of carbonyl (C=O) groups is 1. The van der Waals surface area contributed by atoms with Crippen molar-refractivity contribution in [3.8, 4) is 5.75 Å². The summed E-state index contributed by atoms with van der Waals surface area (Å²) in [4.78, 5) is 13.6. The number of halogens is 3. The van der Waals surface area contributed by atoms with Crippen molar-refractivity contribution in [3.05, 3.63) is 59.1 Å². The van der Waals surface area contributed by atoms with Crippen molar-refractivity contribution in [1.29, 1.82) is 0 Å². The van der Waals surface area contributed by atoms with Gasteiger partial charge in [-0.3, -0.25) is 9.69 Å². The van der Waals surface area contributed by atoms with E-state index in [-0.39, 0.29) is 12.2 Å². The maximum absolute atomic E-state index is 13.5. The number of nitrogens with one attached hydrogen (secondary N) is 1. The molecule has 0 saturated heterocycles. The predicted octanol–water partition coefficient (Wildman–Crippen LogP) is 3.57. The molecule has 0 unspecified atom stereocenters. The number of anilines is 1. The van der Waals surface area contributed by atoms with E-state index in [2.05, 4.69) is 5.32 Å². The van der Waals surface area contributed by atoms with Gasteiger partial charge >= 0.3 is 0 Å². The smallest absolute Gasteiger partial charge is 0.238 e. The molecule has 0 radical (unpaired) electrons. The van der Waals surface area contributed by atoms with E-state index in [1.165, 1.54) is 0 Å². The van der Waals surface area contributed by atoms with Crippen LogP contribution in [0.2, 0.25) is 5.02 Å². The minimum absolute atomic E-state index is 0.0227. The van der Waals surface area contributed by atoms with E-state index in [9.17, 15) is 13.6 Å². The molecule has 2 aromatic carbocycles. The van der Waals surface area contributed by atoms with Gasteiger partial charge in [-0.15, -0.1) is 0 Å². The standard InChI is InChI=1S/C17H17ClF2N2O2/c1-22(7-8-24-14-4-2-3-12(18)9-14)11-17(23)21-16-10-13(19)5-6-15(16)20/h2-6,9-10H,7-8,11H2,1H3,(H,21,23). The van der Waals surface area contributed by atoms with Crippen LogP contribution in [0.1, 0.15) is 0 Å². The Morgan fingerprint density at radius 1 is 1.25 bits per heavy atom. The maximum Gasteiger partial charge on any atom is 0.238 e. The molecule has 128 valence electrons. The second-order valence-corrected chi connectivity index (χ2v) is 5.65. The van der Waals surface area contributed by atoms with Gasteiger partial charge < -0.3 is 10.1 Å². The predicted molar refractivity (Wildman–Crippen MR) is 89.4 cm³/mol. The monoisotopic (exact) mass is 354 g/mol. The molecule has 4 nitrogen and oxygen atoms in total. The summed E-state index contributed by atoms with van der Waals surface area (Å²) in [5.41, 5.74) is -0.177. The molecule has 1 N–H and O–H groups in total. The highest BCUT2D eigenvalue weighted by Gasteiger charge is 2.10. The largest absolute Gasteiger partial charge is 0.492 e. The Bertz CT molecular complexity index is 713. The average molecular weight is 355 g/mol. The van der Waals surface area contributed by atoms with Gasteiger partial charge in [0.1, 0.15) is 24.0 Å². The number of amides is 1. The van der Waals surface area contributed by atoms with Crippen LogP contribution in [-0.4, -0.2) is 37.6 Å². The number of hydrogen-bond acceptors (Lipinski definition) is 3. The van der Waals surface area contributed by atoms with E-state index in [1.807, 2.05) is 0 Å². The number of likely N-dealkylation sites (N-methyl/N-ethyl adjacent to an activating group) is 1. The number of hydrogen-bond donors (Lipinski definition) is 1. The molecule has 1 amide bonds. The third kappa shape index (κ3) is 5.79. The second kappa shape index (κ2) is 8.61. The first kappa shape index (κ1) is 18.2. The summed E-state index contributed by atoms with van der Waals surface area (Å²) >= 11 is 5.86. The van der Waals surface area contributed by atoms with Crippen molar-refractivity contribution < 1.29 is 18.3 Å². The highest BCUT2D eigenvalue weighted by molar-refractivity contribution is 6.30. The van der Waals surface area contributed by atoms with Crippen molar-refractivity contribution in [1.82, 2.24) is 4.90 Å². The van der Waals surface area contributed by atoms with Gasteiger partial charge in [-0.05, 0) is 37.4 Å². The number of carbonyl (C=O) groups excluding carboxylic acids is 1. The zero-order chi connectivity index (χ0) is 17.5. The fraction of sp³-hybridized carbons (Fsp3) is 0.235. The van der Waals surface area contributed by atoms with Crippen LogP contribution in [0.4, 0.5) is 14.5 Å². The molecule has 0 atom stereocenters. The average Bonchev–Trinajstić information content (AvgIpc) is 2.51. The molecule has 7 heteroatoms. The van der Waals surface area contributed by atoms with Gasteiger partial charge in [-0.2, -0.15) is 0 Å². The summed E-state index contributed by atoms with van der Waals surface area (Å²) in [6, 6.07) is 9.90. The molecule has 0 heterocycles. The Balaban J connectivity index is 1.76. The Labute approximate surface area is 144 Å². The lowest BCUT2D eigenvalue weighted by atomic mass is 10.3. The highest BCUT2D eigenvalue weighted by atomic mass is 35.5. The maximum atomic E-state index is 13.5. The van der Waals surface area contributed by atoms with E-state index in [0.717, 1.165) is 18.2 Å². The van der Waals surface area contributed by atoms with Gasteiger partial charge in [0.15, 0.2) is 0 Å². The Hall–Kier alpha value is -2.18. The minimum Gasteiger partial charge on any atom is -0.492 e. The third-order valence-corrected chi connectivity index (χ3v) is 3.39. The van der Waals surface area contributed by atoms with Gasteiger partial charge in [0.2, 0.25) is 5.91 Å². The van der Waals surface area contributed by atoms with Crippen molar-refractivity contribution in [2.24, 2.45) is 0 Å². The van der Waals surface area contributed by atoms with Crippen LogP contribution < -0.4 is 10.1 Å². The molecule has 0 fully saturated rings. The molecule has 0 aliphatic carbocycles. The van der Waals surface area contributed by atoms with Gasteiger partial charge in [-0.1, -0.05) is 17.7 Å². The van der Waals surface area contributed by atoms with Crippen LogP contribution in [0.25, 0.3) is 0 Å². The molecule has 2 rings (SSSR count). The summed E-state index contributed by atoms with van der Waals surface area (Å²) in [6.45, 7) is 0.860. The number of rotatable bonds is 7. The van der Waals surface area contributed by atoms with E-state index < -0.39 is 17.5 Å². The first-order chi connectivity index (χ1) is 11.4. The van der Waals surface area contributed by atoms with Crippen LogP contribution in [-0.2, 0) is 4.79 Å². The summed E-state index contributed by atoms with van der Waals surface area (Å²) < 4.78 is 32.1. The van der Waals surface area contributed by atoms with Gasteiger partial charge in [0.05, 0.1) is 12.2 Å². The zero-order valence-corrected chi connectivity index (χ0v) is 13.8. The van der Waals surface area contributed by atoms with Crippen molar-refractivity contribution in [3.63, 3.8) is 0 Å². The van der Waals surface area contributed by atoms with Crippen LogP contribution in [0.5, 0.6) is 5.75 Å². The first-order valence-corrected chi connectivity index (χ1v) is 7.63. The Morgan fingerprint density at radius 2 is 2.04 bits per heavy atom. The van der Waals surface area contributed by atoms with Crippen molar-refractivity contribution >= 4 is 23.2 Å². The van der Waals surface area contributed by atoms with Crippen molar-refractivity contribution in [2.45, 2.75) is 0 Å². The Kier molecular flexibility index (Phi) is 6.52. The summed E-state index contributed by atoms with van der Waals surface area (Å²) in [6.07, 6.45) is 0. The summed E-state index contributed by atoms with van der Waals surface area (Å²) in [5, 5.41) is 2.92. The number of benzene rings is 2. The molecular formula is C17H17ClF2N2O2. The highest BCUT2D eigenvalue weighted by Crippen LogP contribution is 2.17. The molecule has 0 bridgehead atoms. The molecule has 0 aliphatic heterocycles. The van der Waals surface area contributed by atoms with E-state index >= 15 is 0 Å². The van der Waals surface area contributed by atoms with Crippen LogP contribution in [0.3, 0.4) is 0 Å². The fourth-order valence-electron chi connectivity index (χ4n) is 1.98. The number of ether oxygens (including phenoxy) is 1. The third-order valence-electron chi connectivity index (χ3n) is 3.15. The quantitative estimate of drug-likeness (QED) is 0.826. The number of nitrogens with zero attached hydrogens (tertiary/aromatic N) is 1. The molecule has 2 aromatic rings. The summed E-state index contributed by atoms with van der Waals surface area (Å²) in [5.74, 6) is -1.10. The molecule has 24 heavy (non-hydrogen) atoms. The van der Waals surface area contributed by atoms with E-state index in [0.29, 0.717) is 23.9 Å². The van der Waals surface area contributed by atoms with Gasteiger partial charge in [0.25, 0.3) is 0 Å². The first-order valence-electron chi connectivity index (χ1n) is 7.26. The van der Waals surface area contributed by atoms with Crippen LogP contribution in [0, 0.1) is 11.6 Å². The summed E-state index contributed by atoms with van der Waals surface area (Å²) in [7, 11) is 1.73. The van der Waals surface area contributed by atoms with Crippen LogP contribution >= 0.6 is 11.6 Å². The van der Waals surface area contributed by atoms with Crippen molar-refractivity contribution in [2.75, 3.05) is 32.1 Å². The van der Waals surface area contributed by atoms with E-state index in [4.69, 9.17) is 16.3 Å². The lowest BCUT2D eigenvalue weighted by Crippen LogP contribution is -2.33. The topological polar surface area (TPSA) is 41.6 Å². The zero-order valence-electron chi connectivity index (χ0n) is 13.1. The minimum atomic E-state index is -0.684. The molecule has 0 spiro atoms. The van der Waals surface area contributed by atoms with E-state index in [1.54, 1.807) is 36.2 Å². The van der Waals surface area contributed by atoms with Gasteiger partial charge in [-0.25, -0.2) is 8.78 Å². The normalized spacial score (nSPS) is 10.7. The molecular weight excluding hydrogens is 338 g/mol. The second-order valence-electron chi connectivity index (χ2n) is 5.22. The fourth-order valence-corrected chi connectivity index (χ4v) is 2.16. The lowest BCUT2D eigenvalue weighted by Gasteiger charge is -2.17. The Morgan fingerprint density at radius 3 is 2.79 bits per heavy atom. The lowest BCUT2D eigenvalue weighted by molar-refractivity contribution is -0.117.